The van der Waals surface area contributed by atoms with Crippen LogP contribution in [0.25, 0.3) is 43.6 Å². The van der Waals surface area contributed by atoms with Gasteiger partial charge in [-0.15, -0.1) is 0 Å². The minimum absolute atomic E-state index is 0.116. The number of aryl methyl sites for hydroxylation is 11. The van der Waals surface area contributed by atoms with E-state index in [1.807, 2.05) is 247 Å². The molecule has 0 unspecified atom stereocenters. The van der Waals surface area contributed by atoms with Gasteiger partial charge in [0.05, 0.1) is 49.9 Å². The number of nitrogens with one attached hydrogen (secondary N) is 9. The Balaban J connectivity index is 0.000000178. The number of sulfonamides is 3. The minimum Gasteiger partial charge on any atom is -0.494 e. The molecule has 131 heavy (non-hydrogen) atoms. The number of fused-ring (bicyclic) bond motifs is 4. The summed E-state index contributed by atoms with van der Waals surface area (Å²) in [6, 6.07) is 58.7. The van der Waals surface area contributed by atoms with E-state index in [0.29, 0.717) is 102 Å². The van der Waals surface area contributed by atoms with E-state index in [1.54, 1.807) is 10.8 Å². The van der Waals surface area contributed by atoms with Crippen LogP contribution in [-0.2, 0) is 91.8 Å². The lowest BCUT2D eigenvalue weighted by molar-refractivity contribution is -0.121. The van der Waals surface area contributed by atoms with Crippen molar-refractivity contribution in [2.24, 2.45) is 7.05 Å². The summed E-state index contributed by atoms with van der Waals surface area (Å²) in [6.07, 6.45) is 9.51. The number of rotatable bonds is 38. The third kappa shape index (κ3) is 26.6. The van der Waals surface area contributed by atoms with Crippen molar-refractivity contribution in [3.05, 3.63) is 317 Å². The van der Waals surface area contributed by atoms with Gasteiger partial charge < -0.3 is 54.2 Å². The second-order valence-corrected chi connectivity index (χ2v) is 38.6. The van der Waals surface area contributed by atoms with Crippen LogP contribution in [0.4, 0.5) is 0 Å². The Morgan fingerprint density at radius 1 is 0.412 bits per heavy atom. The summed E-state index contributed by atoms with van der Waals surface area (Å²) in [7, 11) is -10.2. The Hall–Kier alpha value is -12.7. The number of hydrogen-bond donors (Lipinski definition) is 9. The van der Waals surface area contributed by atoms with Crippen molar-refractivity contribution in [3.63, 3.8) is 0 Å². The van der Waals surface area contributed by atoms with Gasteiger partial charge in [-0.25, -0.2) is 44.4 Å². The molecule has 0 radical (unpaired) electrons. The lowest BCUT2D eigenvalue weighted by atomic mass is 10.1. The van der Waals surface area contributed by atoms with Crippen LogP contribution in [0, 0.1) is 41.5 Å². The molecule has 0 bridgehead atoms. The SMILES string of the molecule is CCc1ccc(CC(=O)NCCS(=O)(=O)NC(=O)c2[nH]c3ccccc3c2CCCOc2cc(C)c(Cl)c(C)c2)cc1.Cc1cc(OCCCc2c(C(=O)NS(=O)(=O)CCNC(=O)Cc3cn(C)c4ccccc34)[nH]c3ccccc23)cc(C)c1Cl.Cc1cc(OCCCc2c(C(=O)NS(=O)(=O)CCNC(=O)c3nccn3Cc3ccccc3)[nH]c3ccccc23)cc(C)c1Cl. The van der Waals surface area contributed by atoms with Crippen molar-refractivity contribution in [3.8, 4) is 17.2 Å². The highest BCUT2D eigenvalue weighted by atomic mass is 35.5. The largest absolute Gasteiger partial charge is 0.494 e. The van der Waals surface area contributed by atoms with Crippen molar-refractivity contribution in [1.29, 1.82) is 0 Å². The summed E-state index contributed by atoms with van der Waals surface area (Å²) < 4.78 is 105. The fraction of sp³-hybridized carbons (Fsp3) is 0.276. The molecule has 0 aliphatic heterocycles. The quantitative estimate of drug-likeness (QED) is 0.0162. The van der Waals surface area contributed by atoms with Gasteiger partial charge in [0.1, 0.15) is 34.3 Å². The van der Waals surface area contributed by atoms with Gasteiger partial charge in [0, 0.05) is 110 Å². The average Bonchev–Trinajstić information content (AvgIpc) is 1.64. The number of halogens is 3. The van der Waals surface area contributed by atoms with Crippen LogP contribution in [0.3, 0.4) is 0 Å². The first kappa shape index (κ1) is 97.4. The molecule has 33 heteroatoms. The number of carbonyl (C=O) groups excluding carboxylic acids is 6. The Morgan fingerprint density at radius 3 is 1.16 bits per heavy atom. The number of amides is 6. The maximum atomic E-state index is 13.2. The first-order valence-corrected chi connectivity index (χ1v) is 48.9. The molecule has 9 aromatic carbocycles. The third-order valence-corrected chi connectivity index (χ3v) is 27.4. The van der Waals surface area contributed by atoms with Crippen molar-refractivity contribution in [2.75, 3.05) is 56.7 Å². The maximum Gasteiger partial charge on any atom is 0.287 e. The maximum absolute atomic E-state index is 13.2. The molecule has 0 saturated carbocycles. The van der Waals surface area contributed by atoms with E-state index < -0.39 is 71.0 Å². The van der Waals surface area contributed by atoms with Crippen LogP contribution >= 0.6 is 34.8 Å². The van der Waals surface area contributed by atoms with Crippen molar-refractivity contribution >= 4 is 144 Å². The standard InChI is InChI=1S/C33H34ClN5O5S.C33H35ClN4O5S.C32H36ClN3O5S/c1-22-19-25(20-23(2)29(22)34)44-17-8-12-27-26-11-6-7-13-28(26)37-30(27)32(40)38-45(42,43)18-15-36-33(41)31-35-14-16-39(31)21-24-9-4-3-5-10-24;1-21-17-24(18-22(2)31(21)34)43-15-8-11-27-26-10-4-6-12-28(26)36-32(27)33(40)37-44(41,42)16-14-35-30(39)19-23-20-38(3)29-13-7-5-9-25(23)29;1-4-23-11-13-24(14-12-23)20-29(37)34-15-17-42(39,40)36-32(38)31-27(26-8-5-6-10-28(26)35-31)9-7-16-41-25-18-21(2)30(33)22(3)19-25/h3-7,9-11,13-14,16,19-20,37H,8,12,15,17-18,21H2,1-2H3,(H,36,41)(H,38,40);4-7,9-10,12-13,17-18,20,36H,8,11,14-16,19H2,1-3H3,(H,35,39)(H,37,40);5-6,8,10-14,18-19,35H,4,7,9,15-17,20H2,1-3H3,(H,34,37)(H,36,38). The van der Waals surface area contributed by atoms with Gasteiger partial charge >= 0.3 is 0 Å². The summed E-state index contributed by atoms with van der Waals surface area (Å²) in [5.74, 6) is -2.40. The number of benzene rings is 9. The molecule has 0 fully saturated rings. The number of hydrogen-bond acceptors (Lipinski definition) is 16. The summed E-state index contributed by atoms with van der Waals surface area (Å²) >= 11 is 18.8. The van der Waals surface area contributed by atoms with Crippen LogP contribution in [0.1, 0.15) is 141 Å². The van der Waals surface area contributed by atoms with Gasteiger partial charge in [-0.1, -0.05) is 169 Å². The second-order valence-electron chi connectivity index (χ2n) is 31.9. The van der Waals surface area contributed by atoms with E-state index in [1.165, 1.54) is 11.8 Å². The summed E-state index contributed by atoms with van der Waals surface area (Å²) in [4.78, 5) is 90.6. The normalized spacial score (nSPS) is 11.5. The zero-order valence-electron chi connectivity index (χ0n) is 73.9. The molecule has 0 atom stereocenters. The lowest BCUT2D eigenvalue weighted by Gasteiger charge is -2.11. The molecular formula is C98H105Cl3N12O15S3. The molecule has 5 heterocycles. The highest BCUT2D eigenvalue weighted by Crippen LogP contribution is 2.33. The predicted octanol–water partition coefficient (Wildman–Crippen LogP) is 16.0. The molecule has 5 aromatic heterocycles. The molecule has 0 saturated heterocycles. The zero-order chi connectivity index (χ0) is 93.7. The van der Waals surface area contributed by atoms with E-state index in [9.17, 15) is 54.0 Å². The van der Waals surface area contributed by atoms with Gasteiger partial charge in [0.2, 0.25) is 41.9 Å². The van der Waals surface area contributed by atoms with Gasteiger partial charge in [-0.05, 0) is 219 Å². The molecule has 0 aliphatic rings. The van der Waals surface area contributed by atoms with Crippen LogP contribution in [0.5, 0.6) is 17.2 Å². The molecule has 686 valence electrons. The summed E-state index contributed by atoms with van der Waals surface area (Å²) in [6.45, 7) is 14.8. The number of carbonyl (C=O) groups is 6. The number of H-pyrrole nitrogens is 3. The fourth-order valence-corrected chi connectivity index (χ4v) is 18.3. The van der Waals surface area contributed by atoms with Crippen LogP contribution in [-0.4, -0.2) is 146 Å². The summed E-state index contributed by atoms with van der Waals surface area (Å²) in [5.41, 5.74) is 15.3. The first-order chi connectivity index (χ1) is 62.7. The number of imidazole rings is 1. The first-order valence-electron chi connectivity index (χ1n) is 42.8. The second kappa shape index (κ2) is 44.7. The smallest absolute Gasteiger partial charge is 0.287 e. The molecule has 27 nitrogen and oxygen atoms in total. The van der Waals surface area contributed by atoms with E-state index in [4.69, 9.17) is 49.0 Å². The van der Waals surface area contributed by atoms with Crippen LogP contribution < -0.4 is 44.3 Å². The fourth-order valence-electron chi connectivity index (χ4n) is 15.4. The van der Waals surface area contributed by atoms with Gasteiger partial charge in [0.25, 0.3) is 23.6 Å². The number of para-hydroxylation sites is 4. The molecular weight excluding hydrogens is 1790 g/mol. The molecule has 0 aliphatic carbocycles. The minimum atomic E-state index is -4.08. The molecule has 0 spiro atoms. The van der Waals surface area contributed by atoms with E-state index in [0.717, 1.165) is 112 Å². The molecule has 14 rings (SSSR count). The van der Waals surface area contributed by atoms with Crippen molar-refractivity contribution in [2.45, 2.75) is 113 Å². The number of aromatic nitrogens is 6. The van der Waals surface area contributed by atoms with E-state index >= 15 is 0 Å². The summed E-state index contributed by atoms with van der Waals surface area (Å²) in [5, 5.41) is 13.5. The van der Waals surface area contributed by atoms with Gasteiger partial charge in [0.15, 0.2) is 5.82 Å². The molecule has 14 aromatic rings. The van der Waals surface area contributed by atoms with Gasteiger partial charge in [-0.2, -0.15) is 0 Å². The number of nitrogens with zero attached hydrogens (tertiary/aromatic N) is 3. The lowest BCUT2D eigenvalue weighted by Crippen LogP contribution is -2.38. The van der Waals surface area contributed by atoms with E-state index in [2.05, 4.69) is 57.0 Å². The van der Waals surface area contributed by atoms with Crippen LogP contribution in [0.2, 0.25) is 15.1 Å². The monoisotopic (exact) mass is 1890 g/mol. The predicted molar refractivity (Wildman–Crippen MR) is 515 cm³/mol. The Labute approximate surface area is 776 Å². The van der Waals surface area contributed by atoms with Crippen molar-refractivity contribution < 1.29 is 68.2 Å². The van der Waals surface area contributed by atoms with Gasteiger partial charge in [-0.3, -0.25) is 28.8 Å². The zero-order valence-corrected chi connectivity index (χ0v) is 78.6. The number of ether oxygens (including phenoxy) is 3. The molecule has 9 N–H and O–H groups in total. The Morgan fingerprint density at radius 2 is 0.763 bits per heavy atom. The Kier molecular flexibility index (Phi) is 33.2. The number of aromatic amines is 3. The van der Waals surface area contributed by atoms with Crippen molar-refractivity contribution in [1.82, 2.24) is 59.2 Å². The highest BCUT2D eigenvalue weighted by molar-refractivity contribution is 7.90. The Bertz CT molecular complexity index is 6800. The van der Waals surface area contributed by atoms with Crippen LogP contribution in [0.15, 0.2) is 207 Å². The third-order valence-electron chi connectivity index (χ3n) is 21.9. The topological polar surface area (TPSA) is 375 Å². The highest BCUT2D eigenvalue weighted by Gasteiger charge is 2.28. The average molecular weight is 1890 g/mol. The molecule has 6 amide bonds. The van der Waals surface area contributed by atoms with E-state index in [-0.39, 0.29) is 67.2 Å².